The summed E-state index contributed by atoms with van der Waals surface area (Å²) >= 11 is 4.87. The van der Waals surface area contributed by atoms with Gasteiger partial charge in [0.1, 0.15) is 5.76 Å². The normalized spacial score (nSPS) is 10.4. The Morgan fingerprint density at radius 1 is 1.41 bits per heavy atom. The number of nitrogens with one attached hydrogen (secondary N) is 4. The van der Waals surface area contributed by atoms with Crippen LogP contribution in [0.3, 0.4) is 0 Å². The van der Waals surface area contributed by atoms with E-state index in [1.165, 1.54) is 18.4 Å². The van der Waals surface area contributed by atoms with E-state index in [-0.39, 0.29) is 10.8 Å². The molecule has 0 aliphatic heterocycles. The number of nitrogens with zero attached hydrogens (tertiary/aromatic N) is 1. The van der Waals surface area contributed by atoms with Gasteiger partial charge >= 0.3 is 0 Å². The largest absolute Gasteiger partial charge is 0.465 e. The molecule has 114 valence electrons. The van der Waals surface area contributed by atoms with Crippen LogP contribution >= 0.6 is 12.2 Å². The predicted molar refractivity (Wildman–Crippen MR) is 82.4 cm³/mol. The van der Waals surface area contributed by atoms with Gasteiger partial charge in [0.05, 0.1) is 6.26 Å². The van der Waals surface area contributed by atoms with Crippen molar-refractivity contribution < 1.29 is 14.0 Å². The lowest BCUT2D eigenvalue weighted by Gasteiger charge is -2.08. The molecule has 0 bridgehead atoms. The van der Waals surface area contributed by atoms with Crippen molar-refractivity contribution in [1.82, 2.24) is 26.4 Å². The summed E-state index contributed by atoms with van der Waals surface area (Å²) in [4.78, 5) is 23.2. The molecule has 0 aliphatic rings. The summed E-state index contributed by atoms with van der Waals surface area (Å²) in [6.45, 7) is 1.77. The molecule has 2 aromatic rings. The monoisotopic (exact) mass is 319 g/mol. The molecule has 0 saturated carbocycles. The highest BCUT2D eigenvalue weighted by molar-refractivity contribution is 7.80. The summed E-state index contributed by atoms with van der Waals surface area (Å²) in [5.41, 5.74) is 5.68. The molecule has 0 aromatic carbocycles. The standard InChI is InChI=1S/C13H13N5O3S/c1-8-7-10(16-15-8)12(20)17-18-13(22)14-11(19)5-4-9-3-2-6-21-9/h2-7H,1H3,(H,15,16)(H,17,20)(H2,14,18,19,22). The summed E-state index contributed by atoms with van der Waals surface area (Å²) < 4.78 is 5.04. The molecule has 0 aliphatic carbocycles. The van der Waals surface area contributed by atoms with Crippen molar-refractivity contribution in [2.45, 2.75) is 6.92 Å². The second-order valence-electron chi connectivity index (χ2n) is 4.18. The van der Waals surface area contributed by atoms with Crippen molar-refractivity contribution in [2.24, 2.45) is 0 Å². The first kappa shape index (κ1) is 15.4. The second-order valence-corrected chi connectivity index (χ2v) is 4.59. The molecular formula is C13H13N5O3S. The van der Waals surface area contributed by atoms with Gasteiger partial charge in [-0.05, 0) is 43.4 Å². The van der Waals surface area contributed by atoms with Crippen molar-refractivity contribution in [3.63, 3.8) is 0 Å². The summed E-state index contributed by atoms with van der Waals surface area (Å²) in [5, 5.41) is 8.74. The van der Waals surface area contributed by atoms with Crippen molar-refractivity contribution in [3.05, 3.63) is 47.7 Å². The Bertz CT molecular complexity index is 705. The third-order valence-corrected chi connectivity index (χ3v) is 2.61. The van der Waals surface area contributed by atoms with Crippen molar-refractivity contribution in [3.8, 4) is 0 Å². The molecule has 2 rings (SSSR count). The zero-order valence-corrected chi connectivity index (χ0v) is 12.4. The van der Waals surface area contributed by atoms with Gasteiger partial charge in [-0.15, -0.1) is 0 Å². The first-order valence-electron chi connectivity index (χ1n) is 6.19. The molecule has 2 heterocycles. The zero-order chi connectivity index (χ0) is 15.9. The number of carbonyl (C=O) groups excluding carboxylic acids is 2. The van der Waals surface area contributed by atoms with E-state index >= 15 is 0 Å². The van der Waals surface area contributed by atoms with E-state index in [2.05, 4.69) is 26.4 Å². The molecule has 0 spiro atoms. The molecular weight excluding hydrogens is 306 g/mol. The van der Waals surface area contributed by atoms with E-state index in [1.54, 1.807) is 25.1 Å². The highest BCUT2D eigenvalue weighted by atomic mass is 32.1. The van der Waals surface area contributed by atoms with Crippen LogP contribution in [0.2, 0.25) is 0 Å². The number of hydrazine groups is 1. The van der Waals surface area contributed by atoms with Crippen molar-refractivity contribution >= 4 is 35.2 Å². The molecule has 8 nitrogen and oxygen atoms in total. The number of carbonyl (C=O) groups is 2. The van der Waals surface area contributed by atoms with E-state index in [1.807, 2.05) is 0 Å². The fourth-order valence-corrected chi connectivity index (χ4v) is 1.59. The molecule has 0 unspecified atom stereocenters. The van der Waals surface area contributed by atoms with E-state index in [0.717, 1.165) is 5.69 Å². The number of furan rings is 1. The highest BCUT2D eigenvalue weighted by Crippen LogP contribution is 2.01. The van der Waals surface area contributed by atoms with Crippen LogP contribution in [0.5, 0.6) is 0 Å². The molecule has 4 N–H and O–H groups in total. The maximum absolute atomic E-state index is 11.7. The van der Waals surface area contributed by atoms with Gasteiger partial charge < -0.3 is 4.42 Å². The SMILES string of the molecule is Cc1cc(C(=O)NNC(=S)NC(=O)C=Cc2ccco2)n[nH]1. The Kier molecular flexibility index (Phi) is 5.04. The Morgan fingerprint density at radius 3 is 2.86 bits per heavy atom. The minimum Gasteiger partial charge on any atom is -0.465 e. The number of amides is 2. The van der Waals surface area contributed by atoms with Gasteiger partial charge in [0, 0.05) is 11.8 Å². The van der Waals surface area contributed by atoms with Crippen LogP contribution in [0.15, 0.2) is 35.0 Å². The molecule has 9 heteroatoms. The zero-order valence-electron chi connectivity index (χ0n) is 11.5. The summed E-state index contributed by atoms with van der Waals surface area (Å²) in [5.74, 6) is -0.401. The van der Waals surface area contributed by atoms with E-state index < -0.39 is 11.8 Å². The smallest absolute Gasteiger partial charge is 0.290 e. The van der Waals surface area contributed by atoms with Gasteiger partial charge in [-0.3, -0.25) is 30.9 Å². The van der Waals surface area contributed by atoms with Gasteiger partial charge in [-0.2, -0.15) is 5.10 Å². The van der Waals surface area contributed by atoms with Crippen LogP contribution < -0.4 is 16.2 Å². The quantitative estimate of drug-likeness (QED) is 0.376. The fourth-order valence-electron chi connectivity index (χ4n) is 1.44. The fraction of sp³-hybridized carbons (Fsp3) is 0.0769. The van der Waals surface area contributed by atoms with Gasteiger partial charge in [0.25, 0.3) is 5.91 Å². The Morgan fingerprint density at radius 2 is 2.23 bits per heavy atom. The predicted octanol–water partition coefficient (Wildman–Crippen LogP) is 0.660. The number of aryl methyl sites for hydroxylation is 1. The van der Waals surface area contributed by atoms with E-state index in [4.69, 9.17) is 16.6 Å². The first-order chi connectivity index (χ1) is 10.5. The lowest BCUT2D eigenvalue weighted by atomic mass is 10.4. The molecule has 0 fully saturated rings. The Labute approximate surface area is 130 Å². The first-order valence-corrected chi connectivity index (χ1v) is 6.60. The van der Waals surface area contributed by atoms with Crippen LogP contribution in [-0.2, 0) is 4.79 Å². The summed E-state index contributed by atoms with van der Waals surface area (Å²) in [6.07, 6.45) is 4.24. The molecule has 2 aromatic heterocycles. The summed E-state index contributed by atoms with van der Waals surface area (Å²) in [7, 11) is 0. The lowest BCUT2D eigenvalue weighted by molar-refractivity contribution is -0.115. The lowest BCUT2D eigenvalue weighted by Crippen LogP contribution is -2.48. The average Bonchev–Trinajstić information content (AvgIpc) is 3.14. The van der Waals surface area contributed by atoms with Crippen LogP contribution in [0.1, 0.15) is 21.9 Å². The Hall–Kier alpha value is -2.94. The molecule has 0 atom stereocenters. The van der Waals surface area contributed by atoms with Crippen LogP contribution in [0.25, 0.3) is 6.08 Å². The average molecular weight is 319 g/mol. The number of H-pyrrole nitrogens is 1. The minimum absolute atomic E-state index is 0.0466. The number of hydrogen-bond donors (Lipinski definition) is 4. The number of rotatable bonds is 3. The number of thiocarbonyl (C=S) groups is 1. The molecule has 22 heavy (non-hydrogen) atoms. The minimum atomic E-state index is -0.480. The maximum atomic E-state index is 11.7. The number of aromatic amines is 1. The molecule has 2 amide bonds. The van der Waals surface area contributed by atoms with Crippen molar-refractivity contribution in [2.75, 3.05) is 0 Å². The van der Waals surface area contributed by atoms with Crippen molar-refractivity contribution in [1.29, 1.82) is 0 Å². The maximum Gasteiger partial charge on any atom is 0.290 e. The van der Waals surface area contributed by atoms with Crippen LogP contribution in [-0.4, -0.2) is 27.1 Å². The van der Waals surface area contributed by atoms with E-state index in [0.29, 0.717) is 5.76 Å². The third kappa shape index (κ3) is 4.56. The topological polar surface area (TPSA) is 112 Å². The van der Waals surface area contributed by atoms with Crippen LogP contribution in [0, 0.1) is 6.92 Å². The highest BCUT2D eigenvalue weighted by Gasteiger charge is 2.09. The van der Waals surface area contributed by atoms with Gasteiger partial charge in [0.15, 0.2) is 10.8 Å². The van der Waals surface area contributed by atoms with Gasteiger partial charge in [-0.25, -0.2) is 0 Å². The Balaban J connectivity index is 1.75. The third-order valence-electron chi connectivity index (χ3n) is 2.41. The number of hydrogen-bond acceptors (Lipinski definition) is 5. The molecule has 0 radical (unpaired) electrons. The van der Waals surface area contributed by atoms with Crippen LogP contribution in [0.4, 0.5) is 0 Å². The van der Waals surface area contributed by atoms with E-state index in [9.17, 15) is 9.59 Å². The second kappa shape index (κ2) is 7.18. The van der Waals surface area contributed by atoms with Gasteiger partial charge in [0.2, 0.25) is 5.91 Å². The molecule has 0 saturated heterocycles. The summed E-state index contributed by atoms with van der Waals surface area (Å²) in [6, 6.07) is 4.98. The van der Waals surface area contributed by atoms with Gasteiger partial charge in [-0.1, -0.05) is 0 Å². The number of aromatic nitrogens is 2.